The molecule has 1 aromatic heterocycles. The number of aromatic amines is 1. The summed E-state index contributed by atoms with van der Waals surface area (Å²) in [7, 11) is 3.41. The van der Waals surface area contributed by atoms with Gasteiger partial charge in [0.15, 0.2) is 11.5 Å². The quantitative estimate of drug-likeness (QED) is 0.425. The highest BCUT2D eigenvalue weighted by Crippen LogP contribution is 2.37. The van der Waals surface area contributed by atoms with Crippen LogP contribution in [0, 0.1) is 0 Å². The molecule has 0 amide bonds. The van der Waals surface area contributed by atoms with Gasteiger partial charge in [-0.1, -0.05) is 30.3 Å². The number of hydrogen-bond acceptors (Lipinski definition) is 4. The van der Waals surface area contributed by atoms with E-state index in [1.807, 2.05) is 24.3 Å². The van der Waals surface area contributed by atoms with Gasteiger partial charge < -0.3 is 24.5 Å². The Morgan fingerprint density at radius 2 is 1.81 bits per heavy atom. The van der Waals surface area contributed by atoms with Crippen molar-refractivity contribution in [3.63, 3.8) is 0 Å². The molecule has 5 nitrogen and oxygen atoms in total. The fourth-order valence-electron chi connectivity index (χ4n) is 4.51. The van der Waals surface area contributed by atoms with Gasteiger partial charge in [-0.3, -0.25) is 0 Å². The van der Waals surface area contributed by atoms with Crippen LogP contribution in [0.2, 0.25) is 0 Å². The van der Waals surface area contributed by atoms with Crippen LogP contribution in [0.15, 0.2) is 66.9 Å². The molecule has 1 aliphatic rings. The van der Waals surface area contributed by atoms with Crippen molar-refractivity contribution in [2.45, 2.75) is 25.5 Å². The summed E-state index contributed by atoms with van der Waals surface area (Å²) >= 11 is 0. The van der Waals surface area contributed by atoms with Gasteiger partial charge in [-0.15, -0.1) is 0 Å². The predicted molar refractivity (Wildman–Crippen MR) is 127 cm³/mol. The number of benzene rings is 3. The van der Waals surface area contributed by atoms with E-state index in [2.05, 4.69) is 52.9 Å². The van der Waals surface area contributed by atoms with Crippen LogP contribution in [0.3, 0.4) is 0 Å². The van der Waals surface area contributed by atoms with Crippen LogP contribution in [-0.4, -0.2) is 25.7 Å². The summed E-state index contributed by atoms with van der Waals surface area (Å²) in [5.41, 5.74) is 6.12. The van der Waals surface area contributed by atoms with Crippen molar-refractivity contribution in [2.24, 2.45) is 0 Å². The van der Waals surface area contributed by atoms with Crippen LogP contribution in [0.4, 0.5) is 0 Å². The lowest BCUT2D eigenvalue weighted by Gasteiger charge is -2.28. The zero-order valence-corrected chi connectivity index (χ0v) is 18.5. The number of nitrogens with one attached hydrogen (secondary N) is 2. The van der Waals surface area contributed by atoms with Crippen LogP contribution < -0.4 is 19.5 Å². The maximum absolute atomic E-state index is 6.19. The van der Waals surface area contributed by atoms with Gasteiger partial charge in [-0.2, -0.15) is 0 Å². The second-order valence-electron chi connectivity index (χ2n) is 8.16. The molecule has 4 aromatic rings. The summed E-state index contributed by atoms with van der Waals surface area (Å²) in [6.45, 7) is 1.45. The van der Waals surface area contributed by atoms with Crippen molar-refractivity contribution >= 4 is 10.9 Å². The van der Waals surface area contributed by atoms with E-state index in [1.165, 1.54) is 22.1 Å². The lowest BCUT2D eigenvalue weighted by Crippen LogP contribution is -2.31. The molecule has 1 atom stereocenters. The third-order valence-electron chi connectivity index (χ3n) is 6.22. The molecular formula is C27H28N2O3. The number of methoxy groups -OCH3 is 2. The molecule has 0 spiro atoms. The topological polar surface area (TPSA) is 55.5 Å². The molecule has 0 bridgehead atoms. The van der Waals surface area contributed by atoms with Crippen LogP contribution in [-0.2, 0) is 19.4 Å². The van der Waals surface area contributed by atoms with Crippen molar-refractivity contribution < 1.29 is 14.2 Å². The Hall–Kier alpha value is -3.44. The van der Waals surface area contributed by atoms with Crippen LogP contribution in [0.1, 0.15) is 28.3 Å². The third-order valence-corrected chi connectivity index (χ3v) is 6.22. The molecule has 0 fully saturated rings. The first-order valence-electron chi connectivity index (χ1n) is 11.0. The third kappa shape index (κ3) is 4.04. The van der Waals surface area contributed by atoms with Gasteiger partial charge in [0, 0.05) is 23.1 Å². The SMILES string of the molecule is COc1ccc2[nH]cc(CC3NCCc4cc(OC)c(OCc5ccccc5)cc43)c2c1. The normalized spacial score (nSPS) is 15.4. The minimum atomic E-state index is 0.203. The molecule has 0 radical (unpaired) electrons. The van der Waals surface area contributed by atoms with Crippen LogP contribution in [0.25, 0.3) is 10.9 Å². The first-order chi connectivity index (χ1) is 15.7. The van der Waals surface area contributed by atoms with E-state index in [1.54, 1.807) is 14.2 Å². The lowest BCUT2D eigenvalue weighted by atomic mass is 9.89. The van der Waals surface area contributed by atoms with Gasteiger partial charge in [0.05, 0.1) is 14.2 Å². The Bertz CT molecular complexity index is 1220. The monoisotopic (exact) mass is 428 g/mol. The van der Waals surface area contributed by atoms with E-state index in [0.717, 1.165) is 47.7 Å². The molecule has 0 saturated heterocycles. The molecule has 164 valence electrons. The summed E-state index contributed by atoms with van der Waals surface area (Å²) in [5, 5.41) is 4.91. The van der Waals surface area contributed by atoms with Gasteiger partial charge in [-0.25, -0.2) is 0 Å². The number of rotatable bonds is 7. The molecular weight excluding hydrogens is 400 g/mol. The van der Waals surface area contributed by atoms with E-state index >= 15 is 0 Å². The highest BCUT2D eigenvalue weighted by atomic mass is 16.5. The van der Waals surface area contributed by atoms with Crippen molar-refractivity contribution in [2.75, 3.05) is 20.8 Å². The number of H-pyrrole nitrogens is 1. The second kappa shape index (κ2) is 8.97. The second-order valence-corrected chi connectivity index (χ2v) is 8.16. The maximum Gasteiger partial charge on any atom is 0.162 e. The largest absolute Gasteiger partial charge is 0.497 e. The van der Waals surface area contributed by atoms with E-state index in [-0.39, 0.29) is 6.04 Å². The molecule has 32 heavy (non-hydrogen) atoms. The number of fused-ring (bicyclic) bond motifs is 2. The summed E-state index contributed by atoms with van der Waals surface area (Å²) in [5.74, 6) is 2.44. The molecule has 0 saturated carbocycles. The van der Waals surface area contributed by atoms with Gasteiger partial charge in [-0.05, 0) is 72.0 Å². The minimum absolute atomic E-state index is 0.203. The molecule has 2 heterocycles. The Balaban J connectivity index is 1.44. The zero-order chi connectivity index (χ0) is 21.9. The van der Waals surface area contributed by atoms with Crippen molar-refractivity contribution in [1.29, 1.82) is 0 Å². The minimum Gasteiger partial charge on any atom is -0.497 e. The standard InChI is InChI=1S/C27H28N2O3/c1-30-21-8-9-24-22(14-21)20(16-29-24)12-25-23-15-27(32-17-18-6-4-3-5-7-18)26(31-2)13-19(23)10-11-28-25/h3-9,13-16,25,28-29H,10-12,17H2,1-2H3. The van der Waals surface area contributed by atoms with Gasteiger partial charge in [0.2, 0.25) is 0 Å². The van der Waals surface area contributed by atoms with Crippen molar-refractivity contribution in [1.82, 2.24) is 10.3 Å². The Morgan fingerprint density at radius 1 is 0.938 bits per heavy atom. The highest BCUT2D eigenvalue weighted by Gasteiger charge is 2.24. The van der Waals surface area contributed by atoms with Gasteiger partial charge >= 0.3 is 0 Å². The number of hydrogen-bond donors (Lipinski definition) is 2. The van der Waals surface area contributed by atoms with Crippen LogP contribution in [0.5, 0.6) is 17.2 Å². The first kappa shape index (κ1) is 20.5. The lowest BCUT2D eigenvalue weighted by molar-refractivity contribution is 0.283. The van der Waals surface area contributed by atoms with Crippen molar-refractivity contribution in [3.05, 3.63) is 89.1 Å². The van der Waals surface area contributed by atoms with Gasteiger partial charge in [0.1, 0.15) is 12.4 Å². The first-order valence-corrected chi connectivity index (χ1v) is 11.0. The number of aromatic nitrogens is 1. The average Bonchev–Trinajstić information content (AvgIpc) is 3.24. The highest BCUT2D eigenvalue weighted by molar-refractivity contribution is 5.84. The smallest absolute Gasteiger partial charge is 0.162 e. The van der Waals surface area contributed by atoms with E-state index in [4.69, 9.17) is 14.2 Å². The predicted octanol–water partition coefficient (Wildman–Crippen LogP) is 5.19. The fraction of sp³-hybridized carbons (Fsp3) is 0.259. The molecule has 2 N–H and O–H groups in total. The summed E-state index contributed by atoms with van der Waals surface area (Å²) in [6, 6.07) is 20.9. The Labute approximate surface area is 188 Å². The molecule has 5 heteroatoms. The zero-order valence-electron chi connectivity index (χ0n) is 18.5. The summed E-state index contributed by atoms with van der Waals surface area (Å²) in [6.07, 6.45) is 3.96. The number of ether oxygens (including phenoxy) is 3. The fourth-order valence-corrected chi connectivity index (χ4v) is 4.51. The summed E-state index contributed by atoms with van der Waals surface area (Å²) < 4.78 is 17.3. The Kier molecular flexibility index (Phi) is 5.73. The van der Waals surface area contributed by atoms with Crippen molar-refractivity contribution in [3.8, 4) is 17.2 Å². The summed E-state index contributed by atoms with van der Waals surface area (Å²) in [4.78, 5) is 3.39. The van der Waals surface area contributed by atoms with E-state index < -0.39 is 0 Å². The molecule has 3 aromatic carbocycles. The molecule has 5 rings (SSSR count). The Morgan fingerprint density at radius 3 is 2.62 bits per heavy atom. The van der Waals surface area contributed by atoms with E-state index in [0.29, 0.717) is 6.61 Å². The molecule has 1 aliphatic heterocycles. The maximum atomic E-state index is 6.19. The van der Waals surface area contributed by atoms with Gasteiger partial charge in [0.25, 0.3) is 0 Å². The molecule has 1 unspecified atom stereocenters. The average molecular weight is 429 g/mol. The van der Waals surface area contributed by atoms with E-state index in [9.17, 15) is 0 Å². The van der Waals surface area contributed by atoms with Crippen LogP contribution >= 0.6 is 0 Å². The molecule has 0 aliphatic carbocycles.